The van der Waals surface area contributed by atoms with Crippen LogP contribution in [-0.2, 0) is 24.7 Å². The molecule has 1 unspecified atom stereocenters. The van der Waals surface area contributed by atoms with Crippen molar-refractivity contribution >= 4 is 29.6 Å². The molecule has 0 saturated heterocycles. The maximum atomic E-state index is 13.5. The van der Waals surface area contributed by atoms with Gasteiger partial charge in [-0.3, -0.25) is 9.59 Å². The van der Waals surface area contributed by atoms with Gasteiger partial charge in [-0.25, -0.2) is 4.79 Å². The first-order valence-corrected chi connectivity index (χ1v) is 15.7. The number of hydrogen-bond donors (Lipinski definition) is 2. The Labute approximate surface area is 278 Å². The number of hydrogen-bond acceptors (Lipinski definition) is 5. The highest BCUT2D eigenvalue weighted by Gasteiger charge is 2.42. The van der Waals surface area contributed by atoms with E-state index in [9.17, 15) is 14.4 Å². The molecule has 7 nitrogen and oxygen atoms in total. The van der Waals surface area contributed by atoms with Crippen molar-refractivity contribution in [2.75, 3.05) is 19.7 Å². The van der Waals surface area contributed by atoms with Crippen LogP contribution in [0.4, 0.5) is 4.79 Å². The van der Waals surface area contributed by atoms with Crippen LogP contribution in [0.3, 0.4) is 0 Å². The summed E-state index contributed by atoms with van der Waals surface area (Å²) in [6, 6.07) is 40.3. The number of nitrogens with one attached hydrogen (secondary N) is 2. The van der Waals surface area contributed by atoms with Gasteiger partial charge < -0.3 is 20.1 Å². The first kappa shape index (κ1) is 31.6. The molecule has 5 aromatic rings. The van der Waals surface area contributed by atoms with E-state index in [1.807, 2.05) is 116 Å². The van der Waals surface area contributed by atoms with Crippen LogP contribution in [0.25, 0.3) is 11.1 Å². The highest BCUT2D eigenvalue weighted by atomic mass is 35.5. The summed E-state index contributed by atoms with van der Waals surface area (Å²) in [6.45, 7) is 1.28. The Kier molecular flexibility index (Phi) is 9.36. The van der Waals surface area contributed by atoms with Gasteiger partial charge in [0.15, 0.2) is 5.60 Å². The molecule has 8 heteroatoms. The average Bonchev–Trinajstić information content (AvgIpc) is 3.42. The quantitative estimate of drug-likeness (QED) is 0.125. The van der Waals surface area contributed by atoms with Crippen molar-refractivity contribution in [1.82, 2.24) is 10.6 Å². The van der Waals surface area contributed by atoms with Gasteiger partial charge in [-0.2, -0.15) is 0 Å². The molecule has 0 saturated carbocycles. The van der Waals surface area contributed by atoms with Crippen molar-refractivity contribution in [2.24, 2.45) is 0 Å². The van der Waals surface area contributed by atoms with Crippen molar-refractivity contribution in [2.45, 2.75) is 18.4 Å². The molecular formula is C39H33ClN2O5. The molecule has 0 heterocycles. The molecule has 2 N–H and O–H groups in total. The second-order valence-corrected chi connectivity index (χ2v) is 11.7. The predicted octanol–water partition coefficient (Wildman–Crippen LogP) is 7.14. The number of ether oxygens (including phenoxy) is 2. The summed E-state index contributed by atoms with van der Waals surface area (Å²) < 4.78 is 11.8. The van der Waals surface area contributed by atoms with Gasteiger partial charge in [0, 0.05) is 27.6 Å². The number of aryl methyl sites for hydroxylation is 1. The number of fused-ring (bicyclic) bond motifs is 3. The molecule has 1 aliphatic carbocycles. The van der Waals surface area contributed by atoms with Gasteiger partial charge in [-0.05, 0) is 35.2 Å². The SMILES string of the molecule is Cc1ccc(C(OC(=O)CNC(=O)CNC(=O)OCC2c3ccccc3-c3ccccc32)(c2ccccc2)c2ccccc2Cl)cc1. The van der Waals surface area contributed by atoms with Crippen LogP contribution in [0.2, 0.25) is 5.02 Å². The third-order valence-corrected chi connectivity index (χ3v) is 8.65. The molecule has 0 spiro atoms. The zero-order valence-electron chi connectivity index (χ0n) is 25.7. The molecule has 5 aromatic carbocycles. The number of halogens is 1. The molecule has 1 aliphatic rings. The van der Waals surface area contributed by atoms with E-state index in [0.29, 0.717) is 21.7 Å². The maximum Gasteiger partial charge on any atom is 0.407 e. The molecule has 0 aromatic heterocycles. The second kappa shape index (κ2) is 13.9. The topological polar surface area (TPSA) is 93.7 Å². The molecule has 1 atom stereocenters. The normalized spacial score (nSPS) is 13.1. The van der Waals surface area contributed by atoms with Gasteiger partial charge in [-0.15, -0.1) is 0 Å². The lowest BCUT2D eigenvalue weighted by molar-refractivity contribution is -0.153. The Morgan fingerprint density at radius 2 is 1.26 bits per heavy atom. The van der Waals surface area contributed by atoms with E-state index in [4.69, 9.17) is 21.1 Å². The second-order valence-electron chi connectivity index (χ2n) is 11.3. The fraction of sp³-hybridized carbons (Fsp3) is 0.154. The zero-order valence-corrected chi connectivity index (χ0v) is 26.5. The molecule has 6 rings (SSSR count). The number of carbonyl (C=O) groups is 3. The molecule has 47 heavy (non-hydrogen) atoms. The van der Waals surface area contributed by atoms with Crippen LogP contribution in [0.15, 0.2) is 127 Å². The Morgan fingerprint density at radius 1 is 0.681 bits per heavy atom. The number of esters is 1. The lowest BCUT2D eigenvalue weighted by Gasteiger charge is -2.36. The van der Waals surface area contributed by atoms with Crippen LogP contribution in [-0.4, -0.2) is 37.7 Å². The minimum Gasteiger partial charge on any atom is -0.449 e. The number of amides is 2. The highest BCUT2D eigenvalue weighted by Crippen LogP contribution is 2.45. The van der Waals surface area contributed by atoms with E-state index in [1.54, 1.807) is 6.07 Å². The Morgan fingerprint density at radius 3 is 1.91 bits per heavy atom. The molecule has 0 aliphatic heterocycles. The minimum atomic E-state index is -1.39. The third kappa shape index (κ3) is 6.62. The van der Waals surface area contributed by atoms with E-state index in [0.717, 1.165) is 27.8 Å². The summed E-state index contributed by atoms with van der Waals surface area (Å²) >= 11 is 6.73. The summed E-state index contributed by atoms with van der Waals surface area (Å²) in [7, 11) is 0. The van der Waals surface area contributed by atoms with Crippen molar-refractivity contribution in [3.63, 3.8) is 0 Å². The van der Waals surface area contributed by atoms with Gasteiger partial charge >= 0.3 is 12.1 Å². The van der Waals surface area contributed by atoms with E-state index < -0.39 is 30.1 Å². The minimum absolute atomic E-state index is 0.103. The van der Waals surface area contributed by atoms with Crippen molar-refractivity contribution < 1.29 is 23.9 Å². The molecule has 2 amide bonds. The van der Waals surface area contributed by atoms with Crippen LogP contribution >= 0.6 is 11.6 Å². The first-order valence-electron chi connectivity index (χ1n) is 15.3. The molecule has 236 valence electrons. The fourth-order valence-corrected chi connectivity index (χ4v) is 6.37. The Hall–Kier alpha value is -5.40. The highest BCUT2D eigenvalue weighted by molar-refractivity contribution is 6.31. The number of carbonyl (C=O) groups excluding carboxylic acids is 3. The van der Waals surface area contributed by atoms with Crippen molar-refractivity contribution in [3.05, 3.63) is 166 Å². The van der Waals surface area contributed by atoms with Gasteiger partial charge in [0.25, 0.3) is 0 Å². The molecule has 0 bridgehead atoms. The van der Waals surface area contributed by atoms with E-state index in [2.05, 4.69) is 22.8 Å². The van der Waals surface area contributed by atoms with Crippen molar-refractivity contribution in [3.8, 4) is 11.1 Å². The van der Waals surface area contributed by atoms with Crippen LogP contribution in [0.5, 0.6) is 0 Å². The number of rotatable bonds is 10. The van der Waals surface area contributed by atoms with Crippen LogP contribution in [0, 0.1) is 6.92 Å². The van der Waals surface area contributed by atoms with Crippen LogP contribution in [0.1, 0.15) is 39.3 Å². The predicted molar refractivity (Wildman–Crippen MR) is 181 cm³/mol. The third-order valence-electron chi connectivity index (χ3n) is 8.33. The van der Waals surface area contributed by atoms with Gasteiger partial charge in [0.2, 0.25) is 5.91 Å². The molecule has 0 radical (unpaired) electrons. The van der Waals surface area contributed by atoms with E-state index >= 15 is 0 Å². The Bertz CT molecular complexity index is 1870. The lowest BCUT2D eigenvalue weighted by atomic mass is 9.79. The number of alkyl carbamates (subject to hydrolysis) is 1. The number of benzene rings is 5. The standard InChI is InChI=1S/C39H33ClN2O5/c1-26-19-21-28(22-20-26)39(27-11-3-2-4-12-27,34-17-9-10-18-35(34)40)47-37(44)24-41-36(43)23-42-38(45)46-25-33-31-15-7-5-13-29(31)30-14-6-8-16-32(30)33/h2-22,33H,23-25H2,1H3,(H,41,43)(H,42,45). The van der Waals surface area contributed by atoms with Gasteiger partial charge in [-0.1, -0.05) is 138 Å². The van der Waals surface area contributed by atoms with Crippen LogP contribution < -0.4 is 10.6 Å². The fourth-order valence-electron chi connectivity index (χ4n) is 6.10. The summed E-state index contributed by atoms with van der Waals surface area (Å²) in [4.78, 5) is 38.7. The van der Waals surface area contributed by atoms with E-state index in [-0.39, 0.29) is 19.1 Å². The summed E-state index contributed by atoms with van der Waals surface area (Å²) in [5.74, 6) is -1.37. The lowest BCUT2D eigenvalue weighted by Crippen LogP contribution is -2.42. The van der Waals surface area contributed by atoms with E-state index in [1.165, 1.54) is 0 Å². The molecular weight excluding hydrogens is 612 g/mol. The summed E-state index contributed by atoms with van der Waals surface area (Å²) in [5, 5.41) is 5.44. The largest absolute Gasteiger partial charge is 0.449 e. The molecule has 0 fully saturated rings. The zero-order chi connectivity index (χ0) is 32.8. The first-order chi connectivity index (χ1) is 22.9. The average molecular weight is 645 g/mol. The summed E-state index contributed by atoms with van der Waals surface area (Å²) in [5.41, 5.74) is 6.03. The monoisotopic (exact) mass is 644 g/mol. The summed E-state index contributed by atoms with van der Waals surface area (Å²) in [6.07, 6.45) is -0.731. The Balaban J connectivity index is 1.10. The maximum absolute atomic E-state index is 13.5. The van der Waals surface area contributed by atoms with Gasteiger partial charge in [0.05, 0.1) is 0 Å². The smallest absolute Gasteiger partial charge is 0.407 e. The van der Waals surface area contributed by atoms with Crippen molar-refractivity contribution in [1.29, 1.82) is 0 Å². The van der Waals surface area contributed by atoms with Gasteiger partial charge in [0.1, 0.15) is 19.7 Å².